The molecule has 1 saturated heterocycles. The van der Waals surface area contributed by atoms with Crippen molar-refractivity contribution in [1.29, 1.82) is 0 Å². The highest BCUT2D eigenvalue weighted by Gasteiger charge is 2.39. The molecule has 0 radical (unpaired) electrons. The summed E-state index contributed by atoms with van der Waals surface area (Å²) in [6.45, 7) is 5.80. The summed E-state index contributed by atoms with van der Waals surface area (Å²) in [6.07, 6.45) is 1.04. The Morgan fingerprint density at radius 3 is 2.22 bits per heavy atom. The molecule has 2 aliphatic heterocycles. The van der Waals surface area contributed by atoms with Crippen molar-refractivity contribution >= 4 is 17.5 Å². The monoisotopic (exact) mass is 499 g/mol. The highest BCUT2D eigenvalue weighted by Crippen LogP contribution is 2.35. The van der Waals surface area contributed by atoms with Gasteiger partial charge in [0.1, 0.15) is 0 Å². The molecule has 2 aliphatic rings. The molecule has 5 rings (SSSR count). The van der Waals surface area contributed by atoms with Gasteiger partial charge in [-0.05, 0) is 41.8 Å². The summed E-state index contributed by atoms with van der Waals surface area (Å²) in [4.78, 5) is 32.9. The Balaban J connectivity index is 1.33. The van der Waals surface area contributed by atoms with Crippen LogP contribution in [-0.2, 0) is 6.54 Å². The zero-order chi connectivity index (χ0) is 25.9. The number of piperazine rings is 1. The van der Waals surface area contributed by atoms with E-state index in [0.29, 0.717) is 28.7 Å². The van der Waals surface area contributed by atoms with E-state index in [1.807, 2.05) is 18.2 Å². The number of carbonyl (C=O) groups is 2. The molecule has 7 nitrogen and oxygen atoms in total. The number of hydrogen-bond acceptors (Lipinski definition) is 6. The first-order valence-corrected chi connectivity index (χ1v) is 12.8. The second-order valence-electron chi connectivity index (χ2n) is 9.44. The Bertz CT molecular complexity index is 1290. The van der Waals surface area contributed by atoms with Crippen molar-refractivity contribution in [2.45, 2.75) is 25.9 Å². The predicted molar refractivity (Wildman–Crippen MR) is 143 cm³/mol. The number of ether oxygens (including phenoxy) is 2. The van der Waals surface area contributed by atoms with Gasteiger partial charge >= 0.3 is 0 Å². The van der Waals surface area contributed by atoms with Gasteiger partial charge in [0.2, 0.25) is 0 Å². The number of imide groups is 1. The van der Waals surface area contributed by atoms with Crippen molar-refractivity contribution in [2.24, 2.45) is 0 Å². The summed E-state index contributed by atoms with van der Waals surface area (Å²) in [5.41, 5.74) is 3.97. The van der Waals surface area contributed by atoms with E-state index in [1.54, 1.807) is 32.4 Å². The van der Waals surface area contributed by atoms with E-state index in [9.17, 15) is 9.59 Å². The second kappa shape index (κ2) is 10.6. The van der Waals surface area contributed by atoms with Crippen molar-refractivity contribution in [2.75, 3.05) is 45.3 Å². The van der Waals surface area contributed by atoms with E-state index in [2.05, 4.69) is 47.1 Å². The summed E-state index contributed by atoms with van der Waals surface area (Å²) in [5, 5.41) is 0. The Morgan fingerprint density at radius 1 is 0.811 bits per heavy atom. The number of anilines is 1. The van der Waals surface area contributed by atoms with Gasteiger partial charge in [-0.3, -0.25) is 19.4 Å². The van der Waals surface area contributed by atoms with Crippen LogP contribution >= 0.6 is 0 Å². The molecule has 37 heavy (non-hydrogen) atoms. The van der Waals surface area contributed by atoms with Crippen LogP contribution in [0.15, 0.2) is 66.7 Å². The molecule has 0 N–H and O–H groups in total. The lowest BCUT2D eigenvalue weighted by Crippen LogP contribution is -2.48. The van der Waals surface area contributed by atoms with Gasteiger partial charge in [-0.2, -0.15) is 0 Å². The van der Waals surface area contributed by atoms with Crippen LogP contribution in [0.1, 0.15) is 51.2 Å². The number of rotatable bonds is 8. The first kappa shape index (κ1) is 24.8. The number of nitrogens with zero attached hydrogens (tertiary/aromatic N) is 3. The number of carbonyl (C=O) groups excluding carboxylic acids is 2. The van der Waals surface area contributed by atoms with Crippen molar-refractivity contribution < 1.29 is 19.1 Å². The molecule has 192 valence electrons. The number of hydrogen-bond donors (Lipinski definition) is 0. The molecular formula is C30H33N3O4. The van der Waals surface area contributed by atoms with Crippen LogP contribution in [0, 0.1) is 0 Å². The van der Waals surface area contributed by atoms with Gasteiger partial charge in [-0.1, -0.05) is 49.4 Å². The fourth-order valence-corrected chi connectivity index (χ4v) is 5.54. The fourth-order valence-electron chi connectivity index (χ4n) is 5.54. The van der Waals surface area contributed by atoms with Gasteiger partial charge in [-0.25, -0.2) is 0 Å². The van der Waals surface area contributed by atoms with E-state index in [4.69, 9.17) is 9.47 Å². The van der Waals surface area contributed by atoms with Gasteiger partial charge in [-0.15, -0.1) is 0 Å². The first-order chi connectivity index (χ1) is 18.0. The maximum absolute atomic E-state index is 13.6. The summed E-state index contributed by atoms with van der Waals surface area (Å²) < 4.78 is 10.7. The highest BCUT2D eigenvalue weighted by molar-refractivity contribution is 6.23. The fraction of sp³-hybridized carbons (Fsp3) is 0.333. The third-order valence-corrected chi connectivity index (χ3v) is 7.43. The summed E-state index contributed by atoms with van der Waals surface area (Å²) >= 11 is 0. The lowest BCUT2D eigenvalue weighted by Gasteiger charge is -2.40. The highest BCUT2D eigenvalue weighted by atomic mass is 16.5. The summed E-state index contributed by atoms with van der Waals surface area (Å²) in [6, 6.07) is 22.1. The maximum atomic E-state index is 13.6. The smallest absolute Gasteiger partial charge is 0.263 e. The second-order valence-corrected chi connectivity index (χ2v) is 9.44. The average molecular weight is 500 g/mol. The molecule has 0 bridgehead atoms. The van der Waals surface area contributed by atoms with E-state index in [-0.39, 0.29) is 18.4 Å². The third kappa shape index (κ3) is 4.67. The molecule has 1 unspecified atom stereocenters. The number of methoxy groups -OCH3 is 2. The van der Waals surface area contributed by atoms with Crippen LogP contribution in [0.5, 0.6) is 11.5 Å². The lowest BCUT2D eigenvalue weighted by atomic mass is 10.0. The topological polar surface area (TPSA) is 62.3 Å². The Labute approximate surface area is 218 Å². The van der Waals surface area contributed by atoms with Gasteiger partial charge in [0.05, 0.1) is 37.6 Å². The van der Waals surface area contributed by atoms with Crippen LogP contribution in [0.4, 0.5) is 5.69 Å². The molecule has 3 aromatic rings. The standard InChI is InChI=1S/C30H33N3O4/c1-4-24(22-9-6-5-7-10-22)31-15-17-32(18-16-31)25-12-8-11-23-28(25)30(35)33(29(23)34)20-21-13-14-26(36-2)27(19-21)37-3/h5-14,19,24H,4,15-18,20H2,1-3H3. The van der Waals surface area contributed by atoms with Crippen LogP contribution in [0.2, 0.25) is 0 Å². The third-order valence-electron chi connectivity index (χ3n) is 7.43. The number of amides is 2. The van der Waals surface area contributed by atoms with Crippen molar-refractivity contribution in [3.8, 4) is 11.5 Å². The molecular weight excluding hydrogens is 466 g/mol. The van der Waals surface area contributed by atoms with Gasteiger partial charge < -0.3 is 14.4 Å². The normalized spacial score (nSPS) is 16.6. The minimum Gasteiger partial charge on any atom is -0.493 e. The summed E-state index contributed by atoms with van der Waals surface area (Å²) in [5.74, 6) is 0.664. The Kier molecular flexibility index (Phi) is 7.15. The lowest BCUT2D eigenvalue weighted by molar-refractivity contribution is 0.0642. The van der Waals surface area contributed by atoms with E-state index < -0.39 is 0 Å². The quantitative estimate of drug-likeness (QED) is 0.416. The van der Waals surface area contributed by atoms with Gasteiger partial charge in [0.15, 0.2) is 11.5 Å². The summed E-state index contributed by atoms with van der Waals surface area (Å²) in [7, 11) is 3.14. The van der Waals surface area contributed by atoms with Crippen molar-refractivity contribution in [3.05, 3.63) is 89.0 Å². The van der Waals surface area contributed by atoms with Gasteiger partial charge in [0.25, 0.3) is 11.8 Å². The molecule has 2 amide bonds. The molecule has 2 heterocycles. The zero-order valence-corrected chi connectivity index (χ0v) is 21.6. The van der Waals surface area contributed by atoms with E-state index in [1.165, 1.54) is 10.5 Å². The molecule has 0 saturated carbocycles. The van der Waals surface area contributed by atoms with Crippen LogP contribution in [0.25, 0.3) is 0 Å². The predicted octanol–water partition coefficient (Wildman–Crippen LogP) is 4.77. The molecule has 3 aromatic carbocycles. The number of benzene rings is 3. The van der Waals surface area contributed by atoms with Gasteiger partial charge in [0, 0.05) is 32.2 Å². The molecule has 1 fully saturated rings. The minimum absolute atomic E-state index is 0.176. The molecule has 0 spiro atoms. The molecule has 1 atom stereocenters. The minimum atomic E-state index is -0.259. The maximum Gasteiger partial charge on any atom is 0.263 e. The number of fused-ring (bicyclic) bond motifs is 1. The molecule has 0 aliphatic carbocycles. The van der Waals surface area contributed by atoms with E-state index >= 15 is 0 Å². The molecule has 0 aromatic heterocycles. The van der Waals surface area contributed by atoms with Crippen molar-refractivity contribution in [1.82, 2.24) is 9.80 Å². The molecule has 7 heteroatoms. The average Bonchev–Trinajstić information content (AvgIpc) is 3.19. The van der Waals surface area contributed by atoms with E-state index in [0.717, 1.165) is 43.9 Å². The largest absolute Gasteiger partial charge is 0.493 e. The first-order valence-electron chi connectivity index (χ1n) is 12.8. The van der Waals surface area contributed by atoms with Crippen LogP contribution in [0.3, 0.4) is 0 Å². The SMILES string of the molecule is CCC(c1ccccc1)N1CCN(c2cccc3c2C(=O)N(Cc2ccc(OC)c(OC)c2)C3=O)CC1. The van der Waals surface area contributed by atoms with Crippen LogP contribution in [-0.4, -0.2) is 62.0 Å². The zero-order valence-electron chi connectivity index (χ0n) is 21.6. The Morgan fingerprint density at radius 2 is 1.54 bits per heavy atom. The van der Waals surface area contributed by atoms with Crippen molar-refractivity contribution in [3.63, 3.8) is 0 Å². The van der Waals surface area contributed by atoms with Crippen LogP contribution < -0.4 is 14.4 Å². The Hall–Kier alpha value is -3.84.